The van der Waals surface area contributed by atoms with Crippen molar-refractivity contribution >= 4 is 39.4 Å². The summed E-state index contributed by atoms with van der Waals surface area (Å²) in [4.78, 5) is 20.0. The summed E-state index contributed by atoms with van der Waals surface area (Å²) < 4.78 is 12.3. The maximum Gasteiger partial charge on any atom is 0.282 e. The van der Waals surface area contributed by atoms with Crippen molar-refractivity contribution in [1.82, 2.24) is 0 Å². The molecular weight excluding hydrogens is 480 g/mol. The molecule has 0 saturated heterocycles. The van der Waals surface area contributed by atoms with Gasteiger partial charge in [-0.2, -0.15) is 0 Å². The zero-order valence-electron chi connectivity index (χ0n) is 18.8. The van der Waals surface area contributed by atoms with Crippen LogP contribution in [0.3, 0.4) is 0 Å². The molecule has 1 aliphatic heterocycles. The van der Waals surface area contributed by atoms with Crippen LogP contribution in [0.25, 0.3) is 6.08 Å². The van der Waals surface area contributed by atoms with Crippen LogP contribution in [0.2, 0.25) is 0 Å². The quantitative estimate of drug-likeness (QED) is 0.350. The first kappa shape index (κ1) is 22.8. The lowest BCUT2D eigenvalue weighted by atomic mass is 10.1. The number of nitrogens with zero attached hydrogens (tertiary/aromatic N) is 2. The van der Waals surface area contributed by atoms with Crippen molar-refractivity contribution in [1.29, 1.82) is 0 Å². The molecule has 0 saturated carbocycles. The van der Waals surface area contributed by atoms with Crippen LogP contribution >= 0.6 is 15.9 Å². The van der Waals surface area contributed by atoms with E-state index in [1.807, 2.05) is 87.5 Å². The number of carbonyl (C=O) groups is 1. The summed E-state index contributed by atoms with van der Waals surface area (Å²) in [6.07, 6.45) is 1.79. The Balaban J connectivity index is 1.79. The van der Waals surface area contributed by atoms with Gasteiger partial charge < -0.3 is 9.47 Å². The Morgan fingerprint density at radius 3 is 2.33 bits per heavy atom. The first-order chi connectivity index (χ1) is 16.0. The molecule has 0 atom stereocenters. The van der Waals surface area contributed by atoms with Crippen LogP contribution in [0.15, 0.2) is 81.9 Å². The highest BCUT2D eigenvalue weighted by Gasteiger charge is 2.33. The molecule has 0 aliphatic carbocycles. The maximum atomic E-state index is 13.5. The smallest absolute Gasteiger partial charge is 0.282 e. The first-order valence-corrected chi connectivity index (χ1v) is 11.7. The Morgan fingerprint density at radius 1 is 0.939 bits per heavy atom. The molecule has 0 spiro atoms. The van der Waals surface area contributed by atoms with Gasteiger partial charge in [-0.3, -0.25) is 9.69 Å². The zero-order valence-corrected chi connectivity index (χ0v) is 20.4. The van der Waals surface area contributed by atoms with E-state index in [4.69, 9.17) is 14.5 Å². The summed E-state index contributed by atoms with van der Waals surface area (Å²) in [5.74, 6) is 1.76. The molecule has 3 aromatic carbocycles. The van der Waals surface area contributed by atoms with Crippen molar-refractivity contribution in [2.24, 2.45) is 4.99 Å². The summed E-state index contributed by atoms with van der Waals surface area (Å²) in [5.41, 5.74) is 3.90. The lowest BCUT2D eigenvalue weighted by molar-refractivity contribution is -0.113. The molecule has 6 heteroatoms. The minimum atomic E-state index is -0.178. The van der Waals surface area contributed by atoms with E-state index >= 15 is 0 Å². The molecule has 0 radical (unpaired) electrons. The second-order valence-electron chi connectivity index (χ2n) is 7.47. The number of rotatable bonds is 7. The molecule has 1 heterocycles. The predicted molar refractivity (Wildman–Crippen MR) is 136 cm³/mol. The number of aryl methyl sites for hydroxylation is 1. The number of hydrogen-bond donors (Lipinski definition) is 0. The molecule has 1 amide bonds. The predicted octanol–water partition coefficient (Wildman–Crippen LogP) is 6.39. The molecule has 168 valence electrons. The molecule has 0 unspecified atom stereocenters. The van der Waals surface area contributed by atoms with Gasteiger partial charge in [-0.05, 0) is 74.4 Å². The Hall–Kier alpha value is -3.38. The minimum absolute atomic E-state index is 0.178. The summed E-state index contributed by atoms with van der Waals surface area (Å²) >= 11 is 3.47. The van der Waals surface area contributed by atoms with E-state index in [1.165, 1.54) is 0 Å². The topological polar surface area (TPSA) is 51.1 Å². The van der Waals surface area contributed by atoms with Crippen molar-refractivity contribution in [2.45, 2.75) is 20.8 Å². The number of aliphatic imine (C=N–C) groups is 1. The van der Waals surface area contributed by atoms with E-state index in [-0.39, 0.29) is 5.91 Å². The average Bonchev–Trinajstić information content (AvgIpc) is 3.12. The fourth-order valence-corrected chi connectivity index (χ4v) is 3.93. The van der Waals surface area contributed by atoms with Gasteiger partial charge in [0.1, 0.15) is 11.5 Å². The van der Waals surface area contributed by atoms with Crippen LogP contribution in [0.4, 0.5) is 5.69 Å². The van der Waals surface area contributed by atoms with E-state index in [9.17, 15) is 4.79 Å². The second kappa shape index (κ2) is 10.0. The Kier molecular flexibility index (Phi) is 6.94. The van der Waals surface area contributed by atoms with Gasteiger partial charge in [0.2, 0.25) is 0 Å². The average molecular weight is 505 g/mol. The van der Waals surface area contributed by atoms with Crippen LogP contribution in [-0.2, 0) is 4.79 Å². The zero-order chi connectivity index (χ0) is 23.4. The van der Waals surface area contributed by atoms with Gasteiger partial charge in [-0.25, -0.2) is 4.99 Å². The van der Waals surface area contributed by atoms with Gasteiger partial charge in [-0.15, -0.1) is 0 Å². The van der Waals surface area contributed by atoms with Crippen LogP contribution in [0, 0.1) is 6.92 Å². The number of anilines is 1. The van der Waals surface area contributed by atoms with Crippen LogP contribution in [0.1, 0.15) is 30.5 Å². The molecule has 0 fully saturated rings. The van der Waals surface area contributed by atoms with Gasteiger partial charge in [0.05, 0.1) is 18.9 Å². The molecule has 4 rings (SSSR count). The van der Waals surface area contributed by atoms with E-state index < -0.39 is 0 Å². The van der Waals surface area contributed by atoms with Crippen molar-refractivity contribution in [3.05, 3.63) is 93.6 Å². The number of halogens is 1. The Labute approximate surface area is 202 Å². The third-order valence-corrected chi connectivity index (χ3v) is 5.73. The highest BCUT2D eigenvalue weighted by molar-refractivity contribution is 9.10. The fourth-order valence-electron chi connectivity index (χ4n) is 3.67. The second-order valence-corrected chi connectivity index (χ2v) is 8.38. The summed E-state index contributed by atoms with van der Waals surface area (Å²) in [5, 5.41) is 0. The van der Waals surface area contributed by atoms with Gasteiger partial charge >= 0.3 is 0 Å². The molecule has 5 nitrogen and oxygen atoms in total. The maximum absolute atomic E-state index is 13.5. The molecule has 0 aromatic heterocycles. The van der Waals surface area contributed by atoms with Crippen LogP contribution < -0.4 is 14.4 Å². The first-order valence-electron chi connectivity index (χ1n) is 10.9. The standard InChI is InChI=1S/C27H25BrN2O3/c1-4-32-24-15-10-19(17-25(24)33-5-2)16-23-27(31)30(21-13-11-20(28)12-14-21)26(29-23)22-9-7-6-8-18(22)3/h6-17H,4-5H2,1-3H3/b23-16+. The summed E-state index contributed by atoms with van der Waals surface area (Å²) in [6, 6.07) is 21.2. The van der Waals surface area contributed by atoms with Gasteiger partial charge in [-0.1, -0.05) is 46.3 Å². The number of ether oxygens (including phenoxy) is 2. The largest absolute Gasteiger partial charge is 0.490 e. The number of benzene rings is 3. The van der Waals surface area contributed by atoms with Crippen LogP contribution in [-0.4, -0.2) is 25.0 Å². The van der Waals surface area contributed by atoms with E-state index in [2.05, 4.69) is 15.9 Å². The van der Waals surface area contributed by atoms with Crippen molar-refractivity contribution in [3.63, 3.8) is 0 Å². The Bertz CT molecular complexity index is 1230. The Morgan fingerprint density at radius 2 is 1.64 bits per heavy atom. The molecule has 3 aromatic rings. The van der Waals surface area contributed by atoms with Crippen molar-refractivity contribution in [3.8, 4) is 11.5 Å². The fraction of sp³-hybridized carbons (Fsp3) is 0.185. The highest BCUT2D eigenvalue weighted by Crippen LogP contribution is 2.32. The van der Waals surface area contributed by atoms with E-state index in [0.29, 0.717) is 36.2 Å². The molecule has 0 bridgehead atoms. The van der Waals surface area contributed by atoms with Crippen molar-refractivity contribution < 1.29 is 14.3 Å². The molecule has 33 heavy (non-hydrogen) atoms. The molecule has 0 N–H and O–H groups in total. The normalized spacial score (nSPS) is 14.5. The third kappa shape index (κ3) is 4.86. The molecule has 1 aliphatic rings. The number of carbonyl (C=O) groups excluding carboxylic acids is 1. The van der Waals surface area contributed by atoms with Gasteiger partial charge in [0.15, 0.2) is 11.5 Å². The van der Waals surface area contributed by atoms with E-state index in [0.717, 1.165) is 26.9 Å². The summed E-state index contributed by atoms with van der Waals surface area (Å²) in [7, 11) is 0. The monoisotopic (exact) mass is 504 g/mol. The highest BCUT2D eigenvalue weighted by atomic mass is 79.9. The number of amidine groups is 1. The lowest BCUT2D eigenvalue weighted by Crippen LogP contribution is -2.33. The lowest BCUT2D eigenvalue weighted by Gasteiger charge is -2.19. The third-order valence-electron chi connectivity index (χ3n) is 5.20. The SMILES string of the molecule is CCOc1ccc(/C=C2/N=C(c3ccccc3C)N(c3ccc(Br)cc3)C2=O)cc1OCC. The van der Waals surface area contributed by atoms with Crippen LogP contribution in [0.5, 0.6) is 11.5 Å². The van der Waals surface area contributed by atoms with Gasteiger partial charge in [0.25, 0.3) is 5.91 Å². The number of amides is 1. The minimum Gasteiger partial charge on any atom is -0.490 e. The summed E-state index contributed by atoms with van der Waals surface area (Å²) in [6.45, 7) is 6.94. The van der Waals surface area contributed by atoms with E-state index in [1.54, 1.807) is 11.0 Å². The molecular formula is C27H25BrN2O3. The van der Waals surface area contributed by atoms with Gasteiger partial charge in [0, 0.05) is 10.0 Å². The van der Waals surface area contributed by atoms with Crippen molar-refractivity contribution in [2.75, 3.05) is 18.1 Å². The number of hydrogen-bond acceptors (Lipinski definition) is 4.